The maximum absolute atomic E-state index is 13.8. The Kier molecular flexibility index (Phi) is 8.01. The van der Waals surface area contributed by atoms with E-state index in [4.69, 9.17) is 0 Å². The van der Waals surface area contributed by atoms with Crippen molar-refractivity contribution in [3.63, 3.8) is 0 Å². The van der Waals surface area contributed by atoms with Gasteiger partial charge < -0.3 is 9.74 Å². The van der Waals surface area contributed by atoms with Crippen molar-refractivity contribution in [2.75, 3.05) is 29.5 Å². The molecule has 5 rings (SSSR count). The van der Waals surface area contributed by atoms with E-state index in [9.17, 15) is 30.8 Å². The molecule has 0 amide bonds. The Morgan fingerprint density at radius 2 is 1.76 bits per heavy atom. The highest BCUT2D eigenvalue weighted by Gasteiger charge is 2.47. The van der Waals surface area contributed by atoms with Gasteiger partial charge in [-0.3, -0.25) is 4.90 Å². The first kappa shape index (κ1) is 29.3. The van der Waals surface area contributed by atoms with Crippen molar-refractivity contribution < 1.29 is 35.6 Å². The Morgan fingerprint density at radius 1 is 1.10 bits per heavy atom. The molecule has 1 aromatic carbocycles. The van der Waals surface area contributed by atoms with Crippen LogP contribution in [-0.4, -0.2) is 56.6 Å². The standard InChI is InChI=1S/C27H28F4N4O4S2/c1-17-21(33(2)25-19-11-12-20(25)16-34(15-19)14-18-7-4-3-5-8-18)13-24(40-17)41(37,38)35(39-26(36)27(29,30)31)23-10-6-9-22(28)32-23/h3-10,13,19-20,25H,11-12,14-16H2,1-2H3/t19-,20+,25?. The molecule has 0 radical (unpaired) electrons. The summed E-state index contributed by atoms with van der Waals surface area (Å²) in [5.74, 6) is -4.07. The molecule has 3 heterocycles. The molecule has 41 heavy (non-hydrogen) atoms. The minimum atomic E-state index is -5.49. The van der Waals surface area contributed by atoms with Gasteiger partial charge in [-0.05, 0) is 55.4 Å². The van der Waals surface area contributed by atoms with Crippen LogP contribution in [0.3, 0.4) is 0 Å². The minimum Gasteiger partial charge on any atom is -0.370 e. The highest BCUT2D eigenvalue weighted by molar-refractivity contribution is 7.94. The fraction of sp³-hybridized carbons (Fsp3) is 0.407. The van der Waals surface area contributed by atoms with Crippen molar-refractivity contribution >= 4 is 38.8 Å². The van der Waals surface area contributed by atoms with Gasteiger partial charge in [-0.25, -0.2) is 4.79 Å². The monoisotopic (exact) mass is 612 g/mol. The van der Waals surface area contributed by atoms with Gasteiger partial charge in [0.25, 0.3) is 0 Å². The maximum atomic E-state index is 13.8. The van der Waals surface area contributed by atoms with E-state index in [0.717, 1.165) is 62.0 Å². The third-order valence-electron chi connectivity index (χ3n) is 7.56. The molecule has 2 bridgehead atoms. The van der Waals surface area contributed by atoms with E-state index in [0.29, 0.717) is 22.4 Å². The number of pyridine rings is 1. The Bertz CT molecular complexity index is 1500. The average molecular weight is 613 g/mol. The number of halogens is 4. The van der Waals surface area contributed by atoms with Crippen molar-refractivity contribution in [3.8, 4) is 0 Å². The lowest BCUT2D eigenvalue weighted by molar-refractivity contribution is -0.199. The Morgan fingerprint density at radius 3 is 2.37 bits per heavy atom. The zero-order valence-corrected chi connectivity index (χ0v) is 23.8. The van der Waals surface area contributed by atoms with Crippen molar-refractivity contribution in [1.82, 2.24) is 9.88 Å². The van der Waals surface area contributed by atoms with Crippen LogP contribution in [-0.2, 0) is 26.2 Å². The number of nitrogens with zero attached hydrogens (tertiary/aromatic N) is 4. The van der Waals surface area contributed by atoms with Crippen LogP contribution < -0.4 is 9.37 Å². The van der Waals surface area contributed by atoms with Gasteiger partial charge in [-0.1, -0.05) is 40.9 Å². The van der Waals surface area contributed by atoms with Crippen LogP contribution in [0.15, 0.2) is 58.8 Å². The van der Waals surface area contributed by atoms with E-state index in [1.54, 1.807) is 6.92 Å². The zero-order valence-electron chi connectivity index (χ0n) is 22.2. The molecular weight excluding hydrogens is 584 g/mol. The summed E-state index contributed by atoms with van der Waals surface area (Å²) in [5, 5.41) is 0. The summed E-state index contributed by atoms with van der Waals surface area (Å²) in [6.45, 7) is 4.35. The number of benzene rings is 1. The van der Waals surface area contributed by atoms with E-state index < -0.39 is 33.9 Å². The number of aryl methyl sites for hydroxylation is 1. The molecule has 220 valence electrons. The summed E-state index contributed by atoms with van der Waals surface area (Å²) in [5.41, 5.74) is 1.85. The molecular formula is C27H28F4N4O4S2. The lowest BCUT2D eigenvalue weighted by Gasteiger charge is -2.43. The largest absolute Gasteiger partial charge is 0.493 e. The van der Waals surface area contributed by atoms with Gasteiger partial charge in [0.2, 0.25) is 5.95 Å². The lowest BCUT2D eigenvalue weighted by Crippen LogP contribution is -2.51. The highest BCUT2D eigenvalue weighted by Crippen LogP contribution is 2.44. The summed E-state index contributed by atoms with van der Waals surface area (Å²) >= 11 is 0.825. The van der Waals surface area contributed by atoms with Crippen LogP contribution in [0, 0.1) is 24.7 Å². The average Bonchev–Trinajstić information content (AvgIpc) is 3.44. The van der Waals surface area contributed by atoms with Gasteiger partial charge in [0, 0.05) is 37.6 Å². The first-order valence-electron chi connectivity index (χ1n) is 12.9. The molecule has 1 aliphatic heterocycles. The first-order chi connectivity index (χ1) is 19.3. The molecule has 14 heteroatoms. The van der Waals surface area contributed by atoms with E-state index >= 15 is 0 Å². The highest BCUT2D eigenvalue weighted by atomic mass is 32.2. The van der Waals surface area contributed by atoms with Gasteiger partial charge in [-0.15, -0.1) is 11.3 Å². The molecule has 2 aromatic heterocycles. The number of thiophene rings is 1. The van der Waals surface area contributed by atoms with Crippen molar-refractivity contribution in [3.05, 3.63) is 71.0 Å². The van der Waals surface area contributed by atoms with Gasteiger partial charge >= 0.3 is 22.2 Å². The number of rotatable bonds is 8. The number of piperidine rings is 1. The van der Waals surface area contributed by atoms with Crippen molar-refractivity contribution in [2.45, 2.75) is 42.7 Å². The molecule has 1 saturated heterocycles. The molecule has 2 aliphatic rings. The number of carbonyl (C=O) groups excluding carboxylic acids is 1. The molecule has 3 atom stereocenters. The minimum absolute atomic E-state index is 0.148. The van der Waals surface area contributed by atoms with E-state index in [-0.39, 0.29) is 14.7 Å². The zero-order chi connectivity index (χ0) is 29.5. The van der Waals surface area contributed by atoms with Crippen LogP contribution in [0.1, 0.15) is 23.3 Å². The number of anilines is 2. The van der Waals surface area contributed by atoms with Gasteiger partial charge in [0.05, 0.1) is 5.69 Å². The third kappa shape index (κ3) is 6.04. The van der Waals surface area contributed by atoms with Crippen molar-refractivity contribution in [2.24, 2.45) is 11.8 Å². The number of carbonyl (C=O) groups is 1. The number of sulfonamides is 1. The molecule has 8 nitrogen and oxygen atoms in total. The summed E-state index contributed by atoms with van der Waals surface area (Å²) < 4.78 is 79.2. The van der Waals surface area contributed by atoms with E-state index in [2.05, 4.69) is 31.8 Å². The van der Waals surface area contributed by atoms with Crippen LogP contribution in [0.2, 0.25) is 0 Å². The van der Waals surface area contributed by atoms with Crippen LogP contribution in [0.4, 0.5) is 29.1 Å². The number of likely N-dealkylation sites (tertiary alicyclic amines) is 1. The Labute approximate surface area is 239 Å². The number of alkyl halides is 3. The number of hydrogen-bond donors (Lipinski definition) is 0. The molecule has 3 aromatic rings. The SMILES string of the molecule is Cc1sc(S(=O)(=O)N(OC(=O)C(F)(F)F)c2cccc(F)n2)cc1N(C)C1[C@@H]2CC[C@H]1CN(Cc1ccccc1)C2. The molecule has 1 saturated carbocycles. The second-order valence-electron chi connectivity index (χ2n) is 10.3. The predicted octanol–water partition coefficient (Wildman–Crippen LogP) is 5.15. The summed E-state index contributed by atoms with van der Waals surface area (Å²) in [6.07, 6.45) is -3.43. The van der Waals surface area contributed by atoms with Gasteiger partial charge in [0.1, 0.15) is 4.21 Å². The summed E-state index contributed by atoms with van der Waals surface area (Å²) in [7, 11) is -3.01. The van der Waals surface area contributed by atoms with Crippen LogP contribution in [0.25, 0.3) is 0 Å². The number of hydrogen-bond acceptors (Lipinski definition) is 8. The maximum Gasteiger partial charge on any atom is 0.493 e. The van der Waals surface area contributed by atoms with E-state index in [1.165, 1.54) is 11.6 Å². The summed E-state index contributed by atoms with van der Waals surface area (Å²) in [6, 6.07) is 14.6. The fourth-order valence-corrected chi connectivity index (χ4v) is 8.62. The van der Waals surface area contributed by atoms with Crippen LogP contribution >= 0.6 is 11.3 Å². The van der Waals surface area contributed by atoms with Crippen LogP contribution in [0.5, 0.6) is 0 Å². The Balaban J connectivity index is 1.39. The number of aromatic nitrogens is 1. The van der Waals surface area contributed by atoms with Gasteiger partial charge in [-0.2, -0.15) is 31.0 Å². The first-order valence-corrected chi connectivity index (χ1v) is 15.2. The molecule has 0 spiro atoms. The molecule has 0 N–H and O–H groups in total. The number of fused-ring (bicyclic) bond motifs is 2. The predicted molar refractivity (Wildman–Crippen MR) is 145 cm³/mol. The smallest absolute Gasteiger partial charge is 0.370 e. The topological polar surface area (TPSA) is 83.0 Å². The molecule has 1 unspecified atom stereocenters. The molecule has 1 aliphatic carbocycles. The second-order valence-corrected chi connectivity index (χ2v) is 13.5. The summed E-state index contributed by atoms with van der Waals surface area (Å²) in [4.78, 5) is 24.3. The lowest BCUT2D eigenvalue weighted by atomic mass is 9.90. The quantitative estimate of drug-likeness (QED) is 0.198. The Hall–Kier alpha value is -3.23. The fourth-order valence-electron chi connectivity index (χ4n) is 5.90. The van der Waals surface area contributed by atoms with Gasteiger partial charge in [0.15, 0.2) is 5.82 Å². The second kappa shape index (κ2) is 11.2. The van der Waals surface area contributed by atoms with Crippen molar-refractivity contribution in [1.29, 1.82) is 0 Å². The normalized spacial score (nSPS) is 21.1. The van der Waals surface area contributed by atoms with E-state index in [1.807, 2.05) is 25.2 Å². The third-order valence-corrected chi connectivity index (χ3v) is 10.6. The molecule has 2 fully saturated rings.